The molecule has 0 aliphatic heterocycles. The molecule has 0 saturated heterocycles. The van der Waals surface area contributed by atoms with Crippen LogP contribution in [0.2, 0.25) is 5.15 Å². The number of aromatic nitrogens is 1. The van der Waals surface area contributed by atoms with Crippen molar-refractivity contribution >= 4 is 28.5 Å². The highest BCUT2D eigenvalue weighted by molar-refractivity contribution is 6.30. The highest BCUT2D eigenvalue weighted by Crippen LogP contribution is 2.26. The van der Waals surface area contributed by atoms with Gasteiger partial charge < -0.3 is 14.2 Å². The number of carbonyl (C=O) groups is 1. The van der Waals surface area contributed by atoms with Gasteiger partial charge in [0.15, 0.2) is 0 Å². The van der Waals surface area contributed by atoms with E-state index in [-0.39, 0.29) is 12.5 Å². The molecule has 0 fully saturated rings. The number of esters is 1. The van der Waals surface area contributed by atoms with E-state index in [1.165, 1.54) is 7.11 Å². The molecule has 0 radical (unpaired) electrons. The fraction of sp³-hybridized carbons (Fsp3) is 0.273. The zero-order valence-corrected chi connectivity index (χ0v) is 17.4. The molecular weight excluding hydrogens is 392 g/mol. The molecule has 0 atom stereocenters. The van der Waals surface area contributed by atoms with Gasteiger partial charge in [0.05, 0.1) is 33.4 Å². The number of para-hydroxylation sites is 1. The van der Waals surface area contributed by atoms with E-state index < -0.39 is 0 Å². The van der Waals surface area contributed by atoms with E-state index >= 15 is 0 Å². The molecule has 0 saturated carbocycles. The molecule has 0 amide bonds. The van der Waals surface area contributed by atoms with E-state index in [0.29, 0.717) is 29.7 Å². The Morgan fingerprint density at radius 3 is 2.34 bits per heavy atom. The third kappa shape index (κ3) is 5.37. The molecule has 3 aromatic rings. The Hall–Kier alpha value is -2.83. The number of nitrogens with zero attached hydrogens (tertiary/aromatic N) is 2. The Kier molecular flexibility index (Phi) is 6.90. The van der Waals surface area contributed by atoms with Gasteiger partial charge in [-0.05, 0) is 29.8 Å². The minimum absolute atomic E-state index is 0.110. The van der Waals surface area contributed by atoms with Crippen molar-refractivity contribution in [1.29, 1.82) is 0 Å². The summed E-state index contributed by atoms with van der Waals surface area (Å²) < 4.78 is 15.6. The van der Waals surface area contributed by atoms with Crippen molar-refractivity contribution in [3.8, 4) is 11.5 Å². The third-order valence-corrected chi connectivity index (χ3v) is 4.87. The molecule has 29 heavy (non-hydrogen) atoms. The Balaban J connectivity index is 1.90. The van der Waals surface area contributed by atoms with Crippen molar-refractivity contribution < 1.29 is 19.0 Å². The average molecular weight is 415 g/mol. The largest absolute Gasteiger partial charge is 0.497 e. The molecule has 0 spiro atoms. The van der Waals surface area contributed by atoms with Gasteiger partial charge >= 0.3 is 5.97 Å². The number of hydrogen-bond acceptors (Lipinski definition) is 6. The predicted octanol–water partition coefficient (Wildman–Crippen LogP) is 4.08. The number of halogens is 1. The first kappa shape index (κ1) is 20.9. The van der Waals surface area contributed by atoms with Crippen LogP contribution in [0, 0.1) is 0 Å². The summed E-state index contributed by atoms with van der Waals surface area (Å²) in [6.45, 7) is 1.02. The Bertz CT molecular complexity index is 987. The second-order valence-corrected chi connectivity index (χ2v) is 6.93. The van der Waals surface area contributed by atoms with Crippen LogP contribution in [0.15, 0.2) is 48.5 Å². The van der Waals surface area contributed by atoms with Gasteiger partial charge in [-0.2, -0.15) is 0 Å². The molecule has 0 aliphatic carbocycles. The van der Waals surface area contributed by atoms with Gasteiger partial charge in [0.25, 0.3) is 0 Å². The van der Waals surface area contributed by atoms with E-state index in [0.717, 1.165) is 22.0 Å². The molecule has 1 aromatic heterocycles. The molecule has 6 nitrogen and oxygen atoms in total. The van der Waals surface area contributed by atoms with E-state index in [4.69, 9.17) is 25.8 Å². The highest BCUT2D eigenvalue weighted by Gasteiger charge is 2.16. The Labute approximate surface area is 175 Å². The molecule has 0 unspecified atom stereocenters. The zero-order chi connectivity index (χ0) is 20.8. The van der Waals surface area contributed by atoms with Gasteiger partial charge in [-0.25, -0.2) is 4.98 Å². The van der Waals surface area contributed by atoms with Crippen LogP contribution in [-0.4, -0.2) is 43.7 Å². The molecule has 152 valence electrons. The van der Waals surface area contributed by atoms with Gasteiger partial charge in [-0.1, -0.05) is 29.8 Å². The Morgan fingerprint density at radius 1 is 1.00 bits per heavy atom. The molecule has 7 heteroatoms. The summed E-state index contributed by atoms with van der Waals surface area (Å²) >= 11 is 6.42. The number of fused-ring (bicyclic) bond motifs is 1. The lowest BCUT2D eigenvalue weighted by molar-refractivity contribution is -0.142. The lowest BCUT2D eigenvalue weighted by atomic mass is 10.1. The summed E-state index contributed by atoms with van der Waals surface area (Å²) in [7, 11) is 4.58. The number of rotatable bonds is 8. The van der Waals surface area contributed by atoms with Gasteiger partial charge in [-0.15, -0.1) is 0 Å². The number of benzene rings is 2. The van der Waals surface area contributed by atoms with E-state index in [9.17, 15) is 4.79 Å². The molecular formula is C22H23ClN2O4. The fourth-order valence-corrected chi connectivity index (χ4v) is 3.32. The van der Waals surface area contributed by atoms with Crippen LogP contribution in [-0.2, 0) is 22.6 Å². The van der Waals surface area contributed by atoms with Crippen LogP contribution in [0.25, 0.3) is 10.9 Å². The van der Waals surface area contributed by atoms with Crippen LogP contribution < -0.4 is 9.47 Å². The second-order valence-electron chi connectivity index (χ2n) is 6.57. The highest BCUT2D eigenvalue weighted by atomic mass is 35.5. The van der Waals surface area contributed by atoms with Crippen molar-refractivity contribution in [1.82, 2.24) is 9.88 Å². The molecule has 0 N–H and O–H groups in total. The van der Waals surface area contributed by atoms with E-state index in [2.05, 4.69) is 4.98 Å². The molecule has 3 rings (SSSR count). The number of pyridine rings is 1. The van der Waals surface area contributed by atoms with Gasteiger partial charge in [0.1, 0.15) is 16.7 Å². The second kappa shape index (κ2) is 9.58. The minimum Gasteiger partial charge on any atom is -0.497 e. The molecule has 1 heterocycles. The number of ether oxygens (including phenoxy) is 3. The quantitative estimate of drug-likeness (QED) is 0.409. The van der Waals surface area contributed by atoms with E-state index in [1.54, 1.807) is 20.3 Å². The predicted molar refractivity (Wildman–Crippen MR) is 112 cm³/mol. The van der Waals surface area contributed by atoms with Gasteiger partial charge in [-0.3, -0.25) is 9.69 Å². The number of methoxy groups -OCH3 is 3. The van der Waals surface area contributed by atoms with Gasteiger partial charge in [0.2, 0.25) is 0 Å². The average Bonchev–Trinajstić information content (AvgIpc) is 2.73. The summed E-state index contributed by atoms with van der Waals surface area (Å²) in [6, 6.07) is 15.4. The molecule has 2 aromatic carbocycles. The fourth-order valence-electron chi connectivity index (χ4n) is 3.12. The lowest BCUT2D eigenvalue weighted by Gasteiger charge is -2.22. The molecule has 0 bridgehead atoms. The van der Waals surface area contributed by atoms with Gasteiger partial charge in [0, 0.05) is 30.1 Å². The van der Waals surface area contributed by atoms with Crippen LogP contribution in [0.1, 0.15) is 11.1 Å². The maximum atomic E-state index is 12.0. The van der Waals surface area contributed by atoms with Crippen LogP contribution in [0.5, 0.6) is 11.5 Å². The standard InChI is InChI=1S/C22H23ClN2O4/c1-27-18-8-15(9-19(11-18)28-2)12-25(14-21(26)29-3)13-17-10-16-6-4-5-7-20(16)24-22(17)23/h4-11H,12-14H2,1-3H3. The first-order chi connectivity index (χ1) is 14.0. The first-order valence-corrected chi connectivity index (χ1v) is 9.45. The van der Waals surface area contributed by atoms with Crippen molar-refractivity contribution in [2.45, 2.75) is 13.1 Å². The summed E-state index contributed by atoms with van der Waals surface area (Å²) in [5.74, 6) is 1.04. The van der Waals surface area contributed by atoms with Crippen molar-refractivity contribution in [2.24, 2.45) is 0 Å². The van der Waals surface area contributed by atoms with Crippen molar-refractivity contribution in [3.63, 3.8) is 0 Å². The lowest BCUT2D eigenvalue weighted by Crippen LogP contribution is -2.30. The van der Waals surface area contributed by atoms with E-state index in [1.807, 2.05) is 47.4 Å². The normalized spacial score (nSPS) is 10.9. The topological polar surface area (TPSA) is 60.9 Å². The minimum atomic E-state index is -0.329. The maximum Gasteiger partial charge on any atom is 0.319 e. The van der Waals surface area contributed by atoms with Crippen LogP contribution in [0.4, 0.5) is 0 Å². The SMILES string of the molecule is COC(=O)CN(Cc1cc(OC)cc(OC)c1)Cc1cc2ccccc2nc1Cl. The van der Waals surface area contributed by atoms with Crippen molar-refractivity contribution in [2.75, 3.05) is 27.9 Å². The Morgan fingerprint density at radius 2 is 1.69 bits per heavy atom. The summed E-state index contributed by atoms with van der Waals surface area (Å²) in [6.07, 6.45) is 0. The summed E-state index contributed by atoms with van der Waals surface area (Å²) in [5.41, 5.74) is 2.61. The third-order valence-electron chi connectivity index (χ3n) is 4.54. The summed E-state index contributed by atoms with van der Waals surface area (Å²) in [5, 5.41) is 1.41. The number of carbonyl (C=O) groups excluding carboxylic acids is 1. The number of hydrogen-bond donors (Lipinski definition) is 0. The zero-order valence-electron chi connectivity index (χ0n) is 16.6. The summed E-state index contributed by atoms with van der Waals surface area (Å²) in [4.78, 5) is 18.4. The smallest absolute Gasteiger partial charge is 0.319 e. The van der Waals surface area contributed by atoms with Crippen LogP contribution in [0.3, 0.4) is 0 Å². The van der Waals surface area contributed by atoms with Crippen LogP contribution >= 0.6 is 11.6 Å². The maximum absolute atomic E-state index is 12.0. The monoisotopic (exact) mass is 414 g/mol. The molecule has 0 aliphatic rings. The van der Waals surface area contributed by atoms with Crippen molar-refractivity contribution in [3.05, 3.63) is 64.8 Å². The first-order valence-electron chi connectivity index (χ1n) is 9.07.